The molecule has 1 aromatic rings. The van der Waals surface area contributed by atoms with Crippen LogP contribution in [-0.4, -0.2) is 37.9 Å². The van der Waals surface area contributed by atoms with Gasteiger partial charge in [-0.3, -0.25) is 0 Å². The van der Waals surface area contributed by atoms with Crippen LogP contribution in [0.3, 0.4) is 0 Å². The van der Waals surface area contributed by atoms with Crippen molar-refractivity contribution in [3.05, 3.63) is 35.4 Å². The fourth-order valence-electron chi connectivity index (χ4n) is 1.81. The van der Waals surface area contributed by atoms with Crippen LogP contribution in [0.15, 0.2) is 24.3 Å². The third-order valence-electron chi connectivity index (χ3n) is 3.32. The van der Waals surface area contributed by atoms with Gasteiger partial charge in [0.2, 0.25) is 0 Å². The summed E-state index contributed by atoms with van der Waals surface area (Å²) in [6, 6.07) is 6.56. The van der Waals surface area contributed by atoms with Crippen LogP contribution in [0.1, 0.15) is 33.6 Å². The van der Waals surface area contributed by atoms with Gasteiger partial charge >= 0.3 is 11.9 Å². The zero-order valence-electron chi connectivity index (χ0n) is 11.0. The maximum Gasteiger partial charge on any atom is 0.339 e. The molecule has 2 aliphatic rings. The van der Waals surface area contributed by atoms with E-state index in [1.54, 1.807) is 24.3 Å². The minimum absolute atomic E-state index is 0.00734. The average molecular weight is 276 g/mol. The van der Waals surface area contributed by atoms with E-state index >= 15 is 0 Å². The molecule has 2 fully saturated rings. The summed E-state index contributed by atoms with van der Waals surface area (Å²) in [5, 5.41) is 0. The molecule has 1 unspecified atom stereocenters. The van der Waals surface area contributed by atoms with Gasteiger partial charge < -0.3 is 14.2 Å². The van der Waals surface area contributed by atoms with Gasteiger partial charge in [0.25, 0.3) is 0 Å². The molecule has 1 saturated carbocycles. The standard InChI is InChI=1S/C15H16O5/c16-14(19-7-10-5-6-10)12-3-1-2-4-13(12)15(17)20-9-11-8-18-11/h1-4,10-11H,5-9H2. The average Bonchev–Trinajstić information content (AvgIpc) is 3.36. The molecule has 0 bridgehead atoms. The molecule has 1 saturated heterocycles. The Bertz CT molecular complexity index is 470. The van der Waals surface area contributed by atoms with Gasteiger partial charge in [-0.25, -0.2) is 9.59 Å². The summed E-state index contributed by atoms with van der Waals surface area (Å²) in [5.41, 5.74) is 0.504. The van der Waals surface area contributed by atoms with Gasteiger partial charge in [0.1, 0.15) is 12.7 Å². The first kappa shape index (κ1) is 13.1. The second kappa shape index (κ2) is 5.63. The van der Waals surface area contributed by atoms with E-state index in [1.165, 1.54) is 0 Å². The molecular formula is C15H16O5. The molecule has 1 atom stereocenters. The van der Waals surface area contributed by atoms with Crippen LogP contribution >= 0.6 is 0 Å². The maximum atomic E-state index is 12.0. The highest BCUT2D eigenvalue weighted by molar-refractivity contribution is 6.03. The number of carbonyl (C=O) groups excluding carboxylic acids is 2. The SMILES string of the molecule is O=C(OCC1CC1)c1ccccc1C(=O)OCC1CO1. The molecule has 0 radical (unpaired) electrons. The van der Waals surface area contributed by atoms with E-state index in [0.717, 1.165) is 12.8 Å². The zero-order chi connectivity index (χ0) is 13.9. The molecule has 0 N–H and O–H groups in total. The van der Waals surface area contributed by atoms with Gasteiger partial charge in [-0.2, -0.15) is 0 Å². The molecule has 5 heteroatoms. The monoisotopic (exact) mass is 276 g/mol. The molecule has 1 aromatic carbocycles. The molecule has 3 rings (SSSR count). The largest absolute Gasteiger partial charge is 0.462 e. The number of hydrogen-bond donors (Lipinski definition) is 0. The van der Waals surface area contributed by atoms with Crippen molar-refractivity contribution >= 4 is 11.9 Å². The lowest BCUT2D eigenvalue weighted by Crippen LogP contribution is -2.16. The number of ether oxygens (including phenoxy) is 3. The topological polar surface area (TPSA) is 65.1 Å². The van der Waals surface area contributed by atoms with Crippen molar-refractivity contribution in [1.82, 2.24) is 0 Å². The molecule has 1 aliphatic carbocycles. The third-order valence-corrected chi connectivity index (χ3v) is 3.32. The molecule has 20 heavy (non-hydrogen) atoms. The first-order valence-electron chi connectivity index (χ1n) is 6.79. The third kappa shape index (κ3) is 3.36. The fourth-order valence-corrected chi connectivity index (χ4v) is 1.81. The maximum absolute atomic E-state index is 12.0. The van der Waals surface area contributed by atoms with Crippen molar-refractivity contribution in [2.45, 2.75) is 18.9 Å². The van der Waals surface area contributed by atoms with Gasteiger partial charge in [0, 0.05) is 0 Å². The fraction of sp³-hybridized carbons (Fsp3) is 0.467. The van der Waals surface area contributed by atoms with E-state index in [4.69, 9.17) is 14.2 Å². The summed E-state index contributed by atoms with van der Waals surface area (Å²) in [7, 11) is 0. The van der Waals surface area contributed by atoms with Crippen molar-refractivity contribution < 1.29 is 23.8 Å². The van der Waals surface area contributed by atoms with Crippen molar-refractivity contribution in [2.75, 3.05) is 19.8 Å². The molecule has 0 aromatic heterocycles. The summed E-state index contributed by atoms with van der Waals surface area (Å²) < 4.78 is 15.3. The molecule has 1 aliphatic heterocycles. The lowest BCUT2D eigenvalue weighted by Gasteiger charge is -2.09. The van der Waals surface area contributed by atoms with E-state index in [2.05, 4.69) is 0 Å². The van der Waals surface area contributed by atoms with Crippen LogP contribution in [0.5, 0.6) is 0 Å². The number of epoxide rings is 1. The number of benzene rings is 1. The zero-order valence-corrected chi connectivity index (χ0v) is 11.0. The van der Waals surface area contributed by atoms with Crippen molar-refractivity contribution in [1.29, 1.82) is 0 Å². The van der Waals surface area contributed by atoms with E-state index in [9.17, 15) is 9.59 Å². The Morgan fingerprint density at radius 2 is 1.60 bits per heavy atom. The number of hydrogen-bond acceptors (Lipinski definition) is 5. The highest BCUT2D eigenvalue weighted by atomic mass is 16.6. The Balaban J connectivity index is 1.65. The Morgan fingerprint density at radius 1 is 1.05 bits per heavy atom. The quantitative estimate of drug-likeness (QED) is 0.585. The minimum atomic E-state index is -0.514. The number of esters is 2. The van der Waals surface area contributed by atoms with E-state index in [-0.39, 0.29) is 23.8 Å². The number of rotatable bonds is 6. The van der Waals surface area contributed by atoms with Crippen molar-refractivity contribution in [3.63, 3.8) is 0 Å². The van der Waals surface area contributed by atoms with Crippen LogP contribution < -0.4 is 0 Å². The summed E-state index contributed by atoms with van der Waals surface area (Å²) in [6.07, 6.45) is 2.23. The smallest absolute Gasteiger partial charge is 0.339 e. The first-order chi connectivity index (χ1) is 9.74. The number of carbonyl (C=O) groups is 2. The predicted molar refractivity (Wildman–Crippen MR) is 69.5 cm³/mol. The molecule has 0 amide bonds. The highest BCUT2D eigenvalue weighted by Gasteiger charge is 2.27. The van der Waals surface area contributed by atoms with Gasteiger partial charge in [0.15, 0.2) is 0 Å². The summed E-state index contributed by atoms with van der Waals surface area (Å²) in [6.45, 7) is 1.28. The normalized spacial score (nSPS) is 20.3. The van der Waals surface area contributed by atoms with Crippen molar-refractivity contribution in [2.24, 2.45) is 5.92 Å². The minimum Gasteiger partial charge on any atom is -0.462 e. The molecular weight excluding hydrogens is 260 g/mol. The van der Waals surface area contributed by atoms with Crippen LogP contribution in [0.4, 0.5) is 0 Å². The molecule has 106 valence electrons. The molecule has 1 heterocycles. The van der Waals surface area contributed by atoms with E-state index in [1.807, 2.05) is 0 Å². The Kier molecular flexibility index (Phi) is 3.69. The van der Waals surface area contributed by atoms with E-state index < -0.39 is 11.9 Å². The van der Waals surface area contributed by atoms with Gasteiger partial charge in [-0.15, -0.1) is 0 Å². The van der Waals surface area contributed by atoms with Crippen LogP contribution in [0.2, 0.25) is 0 Å². The molecule has 5 nitrogen and oxygen atoms in total. The Labute approximate surface area is 116 Å². The predicted octanol–water partition coefficient (Wildman–Crippen LogP) is 1.81. The van der Waals surface area contributed by atoms with Crippen LogP contribution in [0.25, 0.3) is 0 Å². The lowest BCUT2D eigenvalue weighted by atomic mass is 10.1. The van der Waals surface area contributed by atoms with Crippen LogP contribution in [0, 0.1) is 5.92 Å². The van der Waals surface area contributed by atoms with Gasteiger partial charge in [-0.05, 0) is 30.9 Å². The Morgan fingerprint density at radius 3 is 2.10 bits per heavy atom. The lowest BCUT2D eigenvalue weighted by molar-refractivity contribution is 0.0434. The van der Waals surface area contributed by atoms with Crippen molar-refractivity contribution in [3.8, 4) is 0 Å². The first-order valence-corrected chi connectivity index (χ1v) is 6.79. The summed E-state index contributed by atoms with van der Waals surface area (Å²) >= 11 is 0. The second-order valence-corrected chi connectivity index (χ2v) is 5.14. The summed E-state index contributed by atoms with van der Waals surface area (Å²) in [5.74, 6) is -0.489. The summed E-state index contributed by atoms with van der Waals surface area (Å²) in [4.78, 5) is 24.0. The van der Waals surface area contributed by atoms with Gasteiger partial charge in [0.05, 0.1) is 24.3 Å². The second-order valence-electron chi connectivity index (χ2n) is 5.14. The van der Waals surface area contributed by atoms with Gasteiger partial charge in [-0.1, -0.05) is 12.1 Å². The van der Waals surface area contributed by atoms with E-state index in [0.29, 0.717) is 19.1 Å². The molecule has 0 spiro atoms. The Hall–Kier alpha value is -1.88. The van der Waals surface area contributed by atoms with Crippen LogP contribution in [-0.2, 0) is 14.2 Å². The highest BCUT2D eigenvalue weighted by Crippen LogP contribution is 2.29.